The van der Waals surface area contributed by atoms with E-state index < -0.39 is 47.0 Å². The number of thiazole rings is 1. The highest BCUT2D eigenvalue weighted by molar-refractivity contribution is 8.00. The molecule has 0 saturated carbocycles. The molecule has 17 heteroatoms. The van der Waals surface area contributed by atoms with Gasteiger partial charge in [0.25, 0.3) is 17.7 Å². The summed E-state index contributed by atoms with van der Waals surface area (Å²) in [6, 6.07) is 0.305. The second-order valence-electron chi connectivity index (χ2n) is 7.83. The number of carbonyl (C=O) groups is 4. The number of hydrogen-bond acceptors (Lipinski definition) is 12. The lowest BCUT2D eigenvalue weighted by Crippen LogP contribution is -2.70. The lowest BCUT2D eigenvalue weighted by atomic mass is 10.0. The van der Waals surface area contributed by atoms with Gasteiger partial charge in [-0.25, -0.2) is 14.6 Å². The third-order valence-electron chi connectivity index (χ3n) is 5.28. The predicted octanol–water partition coefficient (Wildman–Crippen LogP) is 1.79. The minimum absolute atomic E-state index is 0.00138. The van der Waals surface area contributed by atoms with Crippen LogP contribution in [0.4, 0.5) is 18.3 Å². The maximum atomic E-state index is 13.0. The Morgan fingerprint density at radius 1 is 1.37 bits per heavy atom. The quantitative estimate of drug-likeness (QED) is 0.215. The minimum Gasteiger partial charge on any atom is -0.471 e. The molecule has 2 aromatic heterocycles. The maximum Gasteiger partial charge on any atom is 0.491 e. The zero-order valence-electron chi connectivity index (χ0n) is 19.5. The standard InChI is InChI=1S/C21H18F3N5O7S2/c1-3-10(11-7-38-20(25)26-11)15(30)27-13-16(31)29-14(18(32)35-19(33)21(22,23)24)9(6-37-17(13)29)5-34-12-4-8(2)36-28-12/h3-4,7,13,17H,5-6H2,1-2H3,(H2,25,26)(H,27,30)/b10-3-. The molecule has 202 valence electrons. The lowest BCUT2D eigenvalue weighted by molar-refractivity contribution is -0.201. The van der Waals surface area contributed by atoms with E-state index in [0.717, 1.165) is 28.0 Å². The van der Waals surface area contributed by atoms with Crippen molar-refractivity contribution >= 4 is 57.6 Å². The van der Waals surface area contributed by atoms with Crippen molar-refractivity contribution in [2.45, 2.75) is 31.4 Å². The minimum atomic E-state index is -5.44. The van der Waals surface area contributed by atoms with E-state index in [1.54, 1.807) is 19.2 Å². The predicted molar refractivity (Wildman–Crippen MR) is 126 cm³/mol. The molecule has 1 saturated heterocycles. The number of halogens is 3. The Bertz CT molecular complexity index is 1370. The van der Waals surface area contributed by atoms with Crippen LogP contribution in [0, 0.1) is 6.92 Å². The van der Waals surface area contributed by atoms with Gasteiger partial charge in [0.15, 0.2) is 5.13 Å². The highest BCUT2D eigenvalue weighted by Crippen LogP contribution is 2.41. The van der Waals surface area contributed by atoms with Gasteiger partial charge in [0, 0.05) is 22.8 Å². The topological polar surface area (TPSA) is 167 Å². The van der Waals surface area contributed by atoms with Gasteiger partial charge in [0.1, 0.15) is 29.5 Å². The van der Waals surface area contributed by atoms with Crippen molar-refractivity contribution in [1.29, 1.82) is 0 Å². The van der Waals surface area contributed by atoms with Gasteiger partial charge in [-0.1, -0.05) is 6.08 Å². The Morgan fingerprint density at radius 3 is 2.68 bits per heavy atom. The molecule has 2 amide bonds. The fraction of sp³-hybridized carbons (Fsp3) is 0.333. The largest absolute Gasteiger partial charge is 0.491 e. The first kappa shape index (κ1) is 27.2. The van der Waals surface area contributed by atoms with Crippen LogP contribution in [-0.4, -0.2) is 68.7 Å². The summed E-state index contributed by atoms with van der Waals surface area (Å²) in [5, 5.41) is 7.10. The third-order valence-corrected chi connectivity index (χ3v) is 7.29. The third kappa shape index (κ3) is 5.38. The Morgan fingerprint density at radius 2 is 2.11 bits per heavy atom. The molecule has 12 nitrogen and oxygen atoms in total. The van der Waals surface area contributed by atoms with Gasteiger partial charge >= 0.3 is 18.1 Å². The molecule has 0 aromatic carbocycles. The number of amides is 2. The molecule has 0 bridgehead atoms. The molecule has 2 unspecified atom stereocenters. The number of esters is 2. The first-order valence-electron chi connectivity index (χ1n) is 10.7. The summed E-state index contributed by atoms with van der Waals surface area (Å²) in [6.07, 6.45) is -3.96. The van der Waals surface area contributed by atoms with E-state index in [1.165, 1.54) is 12.1 Å². The zero-order valence-corrected chi connectivity index (χ0v) is 21.2. The van der Waals surface area contributed by atoms with E-state index in [9.17, 15) is 32.3 Å². The van der Waals surface area contributed by atoms with Crippen molar-refractivity contribution < 1.29 is 46.3 Å². The van der Waals surface area contributed by atoms with Gasteiger partial charge in [0.05, 0.1) is 11.3 Å². The van der Waals surface area contributed by atoms with Crippen molar-refractivity contribution in [2.75, 3.05) is 18.1 Å². The fourth-order valence-electron chi connectivity index (χ4n) is 3.57. The number of nitrogens with one attached hydrogen (secondary N) is 1. The first-order valence-corrected chi connectivity index (χ1v) is 12.6. The molecular formula is C21H18F3N5O7S2. The number of hydrogen-bond donors (Lipinski definition) is 2. The number of anilines is 1. The summed E-state index contributed by atoms with van der Waals surface area (Å²) in [6.45, 7) is 2.82. The summed E-state index contributed by atoms with van der Waals surface area (Å²) in [7, 11) is 0. The second kappa shape index (κ2) is 10.5. The molecule has 2 atom stereocenters. The van der Waals surface area contributed by atoms with E-state index in [0.29, 0.717) is 11.5 Å². The molecule has 2 aliphatic heterocycles. The summed E-state index contributed by atoms with van der Waals surface area (Å²) in [5.41, 5.74) is 5.55. The van der Waals surface area contributed by atoms with Gasteiger partial charge in [0.2, 0.25) is 0 Å². The van der Waals surface area contributed by atoms with Gasteiger partial charge in [-0.05, 0) is 19.0 Å². The Labute approximate surface area is 220 Å². The molecule has 2 aliphatic rings. The van der Waals surface area contributed by atoms with E-state index in [4.69, 9.17) is 15.0 Å². The monoisotopic (exact) mass is 573 g/mol. The number of aryl methyl sites for hydroxylation is 1. The van der Waals surface area contributed by atoms with Gasteiger partial charge in [-0.2, -0.15) is 13.2 Å². The van der Waals surface area contributed by atoms with Crippen molar-refractivity contribution in [1.82, 2.24) is 20.4 Å². The van der Waals surface area contributed by atoms with E-state index in [-0.39, 0.29) is 34.5 Å². The molecule has 38 heavy (non-hydrogen) atoms. The normalized spacial score (nSPS) is 19.6. The molecule has 2 aromatic rings. The van der Waals surface area contributed by atoms with Crippen LogP contribution in [0.1, 0.15) is 18.4 Å². The number of fused-ring (bicyclic) bond motifs is 1. The zero-order chi connectivity index (χ0) is 27.8. The fourth-order valence-corrected chi connectivity index (χ4v) is 5.46. The molecule has 4 heterocycles. The number of thioether (sulfide) groups is 1. The van der Waals surface area contributed by atoms with E-state index in [1.807, 2.05) is 0 Å². The van der Waals surface area contributed by atoms with Crippen LogP contribution in [0.3, 0.4) is 0 Å². The van der Waals surface area contributed by atoms with Gasteiger partial charge in [-0.3, -0.25) is 14.5 Å². The molecule has 0 aliphatic carbocycles. The number of ether oxygens (including phenoxy) is 2. The number of nitrogens with two attached hydrogens (primary N) is 1. The number of rotatable bonds is 7. The smallest absolute Gasteiger partial charge is 0.471 e. The van der Waals surface area contributed by atoms with E-state index >= 15 is 0 Å². The molecular weight excluding hydrogens is 555 g/mol. The second-order valence-corrected chi connectivity index (χ2v) is 9.82. The summed E-state index contributed by atoms with van der Waals surface area (Å²) in [5.74, 6) is -5.42. The SMILES string of the molecule is C/C=C(\C(=O)NC1C(=O)N2C(C(=O)OC(=O)C(F)(F)F)=C(COc3cc(C)on3)CSC12)c1csc(N)n1. The van der Waals surface area contributed by atoms with Crippen LogP contribution < -0.4 is 15.8 Å². The Kier molecular flexibility index (Phi) is 7.50. The Hall–Kier alpha value is -3.86. The highest BCUT2D eigenvalue weighted by atomic mass is 32.2. The number of β-lactam (4-membered cyclic amide) rings is 1. The van der Waals surface area contributed by atoms with Crippen molar-refractivity contribution in [3.8, 4) is 5.88 Å². The number of nitrogens with zero attached hydrogens (tertiary/aromatic N) is 3. The molecule has 0 spiro atoms. The van der Waals surface area contributed by atoms with Crippen LogP contribution >= 0.6 is 23.1 Å². The number of aromatic nitrogens is 2. The Balaban J connectivity index is 1.56. The molecule has 0 radical (unpaired) electrons. The van der Waals surface area contributed by atoms with Gasteiger partial charge in [-0.15, -0.1) is 23.1 Å². The molecule has 1 fully saturated rings. The first-order chi connectivity index (χ1) is 17.9. The van der Waals surface area contributed by atoms with Crippen LogP contribution in [0.15, 0.2) is 33.3 Å². The number of allylic oxidation sites excluding steroid dienone is 1. The number of nitrogen functional groups attached to an aromatic ring is 1. The van der Waals surface area contributed by atoms with E-state index in [2.05, 4.69) is 20.2 Å². The van der Waals surface area contributed by atoms with Crippen molar-refractivity contribution in [3.63, 3.8) is 0 Å². The average molecular weight is 574 g/mol. The lowest BCUT2D eigenvalue weighted by Gasteiger charge is -2.49. The van der Waals surface area contributed by atoms with Crippen LogP contribution in [0.5, 0.6) is 5.88 Å². The van der Waals surface area contributed by atoms with Crippen molar-refractivity contribution in [2.24, 2.45) is 0 Å². The van der Waals surface area contributed by atoms with Gasteiger partial charge < -0.3 is 25.0 Å². The number of carbonyl (C=O) groups excluding carboxylic acids is 4. The van der Waals surface area contributed by atoms with Crippen molar-refractivity contribution in [3.05, 3.63) is 40.2 Å². The maximum absolute atomic E-state index is 13.0. The molecule has 4 rings (SSSR count). The average Bonchev–Trinajstić information content (AvgIpc) is 3.47. The molecule has 3 N–H and O–H groups in total. The van der Waals surface area contributed by atoms with Crippen LogP contribution in [0.25, 0.3) is 5.57 Å². The summed E-state index contributed by atoms with van der Waals surface area (Å²) < 4.78 is 52.5. The summed E-state index contributed by atoms with van der Waals surface area (Å²) in [4.78, 5) is 54.8. The van der Waals surface area contributed by atoms with Crippen LogP contribution in [0.2, 0.25) is 0 Å². The summed E-state index contributed by atoms with van der Waals surface area (Å²) >= 11 is 2.24. The highest BCUT2D eigenvalue weighted by Gasteiger charge is 2.55. The number of alkyl halides is 3. The van der Waals surface area contributed by atoms with Crippen LogP contribution in [-0.2, 0) is 23.9 Å².